The maximum atomic E-state index is 6.36. The Morgan fingerprint density at radius 1 is 0.870 bits per heavy atom. The zero-order valence-corrected chi connectivity index (χ0v) is 16.5. The maximum absolute atomic E-state index is 6.36. The Morgan fingerprint density at radius 3 is 1.91 bits per heavy atom. The van der Waals surface area contributed by atoms with Gasteiger partial charge in [0.05, 0.1) is 0 Å². The van der Waals surface area contributed by atoms with Crippen molar-refractivity contribution < 1.29 is 9.78 Å². The van der Waals surface area contributed by atoms with Crippen molar-refractivity contribution in [1.29, 1.82) is 0 Å². The molecular formula is C21H40O2. The quantitative estimate of drug-likeness (QED) is 0.440. The lowest BCUT2D eigenvalue weighted by atomic mass is 9.46. The molecular weight excluding hydrogens is 284 g/mol. The minimum Gasteiger partial charge on any atom is -0.232 e. The smallest absolute Gasteiger partial charge is 0.117 e. The fourth-order valence-corrected chi connectivity index (χ4v) is 5.88. The van der Waals surface area contributed by atoms with Crippen LogP contribution in [0, 0.1) is 16.7 Å². The van der Waals surface area contributed by atoms with E-state index in [0.29, 0.717) is 11.3 Å². The highest BCUT2D eigenvalue weighted by molar-refractivity contribution is 5.16. The van der Waals surface area contributed by atoms with Crippen LogP contribution in [-0.4, -0.2) is 11.7 Å². The summed E-state index contributed by atoms with van der Waals surface area (Å²) in [5.41, 5.74) is 0.322. The first-order chi connectivity index (χ1) is 10.9. The first-order valence-electron chi connectivity index (χ1n) is 10.2. The molecule has 2 fully saturated rings. The van der Waals surface area contributed by atoms with Crippen LogP contribution in [0.2, 0.25) is 0 Å². The monoisotopic (exact) mass is 324 g/mol. The molecule has 1 saturated carbocycles. The molecule has 0 spiro atoms. The molecule has 0 aromatic carbocycles. The summed E-state index contributed by atoms with van der Waals surface area (Å²) in [7, 11) is 0. The van der Waals surface area contributed by atoms with E-state index in [4.69, 9.17) is 9.78 Å². The van der Waals surface area contributed by atoms with Crippen LogP contribution in [-0.2, 0) is 9.78 Å². The molecule has 0 aromatic rings. The fraction of sp³-hybridized carbons (Fsp3) is 1.00. The van der Waals surface area contributed by atoms with Crippen molar-refractivity contribution in [3.63, 3.8) is 0 Å². The minimum absolute atomic E-state index is 0.0858. The van der Waals surface area contributed by atoms with Gasteiger partial charge >= 0.3 is 0 Å². The molecule has 1 saturated heterocycles. The lowest BCUT2D eigenvalue weighted by Crippen LogP contribution is -2.63. The Balaban J connectivity index is 2.44. The van der Waals surface area contributed by atoms with Crippen molar-refractivity contribution in [2.75, 3.05) is 0 Å². The summed E-state index contributed by atoms with van der Waals surface area (Å²) in [4.78, 5) is 12.4. The van der Waals surface area contributed by atoms with Crippen LogP contribution in [0.5, 0.6) is 0 Å². The Kier molecular flexibility index (Phi) is 6.22. The van der Waals surface area contributed by atoms with Crippen LogP contribution < -0.4 is 0 Å². The van der Waals surface area contributed by atoms with E-state index in [1.165, 1.54) is 57.8 Å². The predicted molar refractivity (Wildman–Crippen MR) is 97.3 cm³/mol. The summed E-state index contributed by atoms with van der Waals surface area (Å²) in [6, 6.07) is 0. The Hall–Kier alpha value is -0.0800. The normalized spacial score (nSPS) is 34.7. The molecule has 1 aliphatic carbocycles. The fourth-order valence-electron chi connectivity index (χ4n) is 5.88. The molecule has 2 nitrogen and oxygen atoms in total. The first kappa shape index (κ1) is 19.2. The molecule has 2 aliphatic rings. The van der Waals surface area contributed by atoms with Gasteiger partial charge in [-0.15, -0.1) is 0 Å². The SMILES string of the molecule is CCCCC1(CCCC)CC(C)C2OOC1(CCCC)C2(C)C. The van der Waals surface area contributed by atoms with Gasteiger partial charge in [-0.05, 0) is 31.6 Å². The summed E-state index contributed by atoms with van der Waals surface area (Å²) in [6.45, 7) is 14.2. The van der Waals surface area contributed by atoms with Gasteiger partial charge in [0.15, 0.2) is 0 Å². The molecule has 2 rings (SSSR count). The Bertz CT molecular complexity index is 368. The highest BCUT2D eigenvalue weighted by atomic mass is 17.2. The van der Waals surface area contributed by atoms with Gasteiger partial charge in [-0.3, -0.25) is 0 Å². The average Bonchev–Trinajstić information content (AvgIpc) is 2.71. The van der Waals surface area contributed by atoms with E-state index >= 15 is 0 Å². The number of rotatable bonds is 9. The number of fused-ring (bicyclic) bond motifs is 2. The van der Waals surface area contributed by atoms with Gasteiger partial charge in [0.1, 0.15) is 11.7 Å². The third-order valence-electron chi connectivity index (χ3n) is 7.03. The molecule has 3 unspecified atom stereocenters. The average molecular weight is 325 g/mol. The van der Waals surface area contributed by atoms with E-state index in [1.807, 2.05) is 0 Å². The zero-order valence-electron chi connectivity index (χ0n) is 16.5. The van der Waals surface area contributed by atoms with E-state index in [2.05, 4.69) is 41.5 Å². The van der Waals surface area contributed by atoms with Gasteiger partial charge in [0, 0.05) is 10.8 Å². The molecule has 2 bridgehead atoms. The Morgan fingerprint density at radius 2 is 1.39 bits per heavy atom. The van der Waals surface area contributed by atoms with Crippen LogP contribution in [0.3, 0.4) is 0 Å². The van der Waals surface area contributed by atoms with Crippen molar-refractivity contribution in [2.24, 2.45) is 16.7 Å². The highest BCUT2D eigenvalue weighted by Crippen LogP contribution is 2.67. The van der Waals surface area contributed by atoms with Crippen LogP contribution in [0.4, 0.5) is 0 Å². The maximum Gasteiger partial charge on any atom is 0.117 e. The molecule has 0 aromatic heterocycles. The molecule has 3 atom stereocenters. The summed E-state index contributed by atoms with van der Waals surface area (Å²) in [5, 5.41) is 0. The highest BCUT2D eigenvalue weighted by Gasteiger charge is 2.71. The lowest BCUT2D eigenvalue weighted by Gasteiger charge is -2.58. The van der Waals surface area contributed by atoms with Crippen LogP contribution >= 0.6 is 0 Å². The zero-order chi connectivity index (χ0) is 17.1. The standard InChI is InChI=1S/C21H40O2/c1-7-10-13-20(14-11-8-2)16-17(4)18-19(5,6)21(20,23-22-18)15-12-9-3/h17-18H,7-16H2,1-6H3. The van der Waals surface area contributed by atoms with Gasteiger partial charge < -0.3 is 0 Å². The van der Waals surface area contributed by atoms with Crippen LogP contribution in [0.15, 0.2) is 0 Å². The summed E-state index contributed by atoms with van der Waals surface area (Å²) >= 11 is 0. The van der Waals surface area contributed by atoms with E-state index in [1.54, 1.807) is 0 Å². The molecule has 1 aliphatic heterocycles. The second-order valence-electron chi connectivity index (χ2n) is 8.92. The topological polar surface area (TPSA) is 18.5 Å². The van der Waals surface area contributed by atoms with E-state index in [0.717, 1.165) is 6.42 Å². The summed E-state index contributed by atoms with van der Waals surface area (Å²) in [5.74, 6) is 0.593. The number of hydrogen-bond acceptors (Lipinski definition) is 2. The van der Waals surface area contributed by atoms with Gasteiger partial charge in [-0.1, -0.05) is 80.1 Å². The van der Waals surface area contributed by atoms with Gasteiger partial charge in [-0.25, -0.2) is 9.78 Å². The second-order valence-corrected chi connectivity index (χ2v) is 8.92. The van der Waals surface area contributed by atoms with Crippen molar-refractivity contribution in [1.82, 2.24) is 0 Å². The minimum atomic E-state index is -0.0858. The van der Waals surface area contributed by atoms with Gasteiger partial charge in [0.25, 0.3) is 0 Å². The van der Waals surface area contributed by atoms with Crippen LogP contribution in [0.25, 0.3) is 0 Å². The van der Waals surface area contributed by atoms with Crippen molar-refractivity contribution in [3.8, 4) is 0 Å². The predicted octanol–water partition coefficient (Wildman–Crippen LogP) is 6.68. The number of unbranched alkanes of at least 4 members (excludes halogenated alkanes) is 3. The molecule has 0 N–H and O–H groups in total. The second kappa shape index (κ2) is 7.44. The first-order valence-corrected chi connectivity index (χ1v) is 10.2. The third-order valence-corrected chi connectivity index (χ3v) is 7.03. The van der Waals surface area contributed by atoms with Gasteiger partial charge in [0.2, 0.25) is 0 Å². The van der Waals surface area contributed by atoms with Gasteiger partial charge in [-0.2, -0.15) is 0 Å². The molecule has 0 radical (unpaired) electrons. The molecule has 0 amide bonds. The van der Waals surface area contributed by atoms with E-state index in [9.17, 15) is 0 Å². The molecule has 23 heavy (non-hydrogen) atoms. The number of hydrogen-bond donors (Lipinski definition) is 0. The van der Waals surface area contributed by atoms with Crippen molar-refractivity contribution in [2.45, 2.75) is 117 Å². The van der Waals surface area contributed by atoms with Crippen molar-refractivity contribution in [3.05, 3.63) is 0 Å². The Labute approximate surface area is 144 Å². The van der Waals surface area contributed by atoms with Crippen LogP contribution in [0.1, 0.15) is 106 Å². The largest absolute Gasteiger partial charge is 0.232 e. The molecule has 1 heterocycles. The summed E-state index contributed by atoms with van der Waals surface area (Å²) in [6.07, 6.45) is 13.0. The third kappa shape index (κ3) is 2.99. The summed E-state index contributed by atoms with van der Waals surface area (Å²) < 4.78 is 0. The van der Waals surface area contributed by atoms with E-state index < -0.39 is 0 Å². The molecule has 136 valence electrons. The molecule has 2 heteroatoms. The van der Waals surface area contributed by atoms with E-state index in [-0.39, 0.29) is 17.1 Å². The van der Waals surface area contributed by atoms with Crippen molar-refractivity contribution >= 4 is 0 Å². The lowest BCUT2D eigenvalue weighted by molar-refractivity contribution is -0.346.